The van der Waals surface area contributed by atoms with Crippen LogP contribution >= 0.6 is 11.8 Å². The molecule has 152 valence electrons. The van der Waals surface area contributed by atoms with Crippen molar-refractivity contribution in [2.75, 3.05) is 6.54 Å². The predicted octanol–water partition coefficient (Wildman–Crippen LogP) is 3.86. The molecule has 0 aliphatic rings. The van der Waals surface area contributed by atoms with Crippen LogP contribution in [0.25, 0.3) is 0 Å². The molecule has 1 aromatic carbocycles. The highest BCUT2D eigenvalue weighted by Crippen LogP contribution is 2.25. The SMILES string of the molecule is CCCCNC(=O)[C@H](CCC)Sc1nc(C)c(Cc2ccccc2)c(=O)n1C. The number of hydrogen-bond donors (Lipinski definition) is 1. The van der Waals surface area contributed by atoms with Crippen molar-refractivity contribution in [2.45, 2.75) is 63.3 Å². The number of carbonyl (C=O) groups is 1. The van der Waals surface area contributed by atoms with Gasteiger partial charge in [-0.2, -0.15) is 0 Å². The van der Waals surface area contributed by atoms with E-state index in [1.807, 2.05) is 37.3 Å². The lowest BCUT2D eigenvalue weighted by molar-refractivity contribution is -0.120. The van der Waals surface area contributed by atoms with Crippen LogP contribution in [0.5, 0.6) is 0 Å². The first kappa shape index (κ1) is 22.2. The molecular weight excluding hydrogens is 370 g/mol. The minimum atomic E-state index is -0.237. The summed E-state index contributed by atoms with van der Waals surface area (Å²) in [6.45, 7) is 6.73. The zero-order valence-corrected chi connectivity index (χ0v) is 18.1. The fourth-order valence-electron chi connectivity index (χ4n) is 2.97. The summed E-state index contributed by atoms with van der Waals surface area (Å²) in [5, 5.41) is 3.37. The quantitative estimate of drug-likeness (QED) is 0.373. The van der Waals surface area contributed by atoms with Crippen molar-refractivity contribution in [1.29, 1.82) is 0 Å². The molecule has 0 aliphatic heterocycles. The molecule has 1 aromatic heterocycles. The molecule has 0 saturated heterocycles. The Kier molecular flexibility index (Phi) is 8.77. The van der Waals surface area contributed by atoms with Crippen molar-refractivity contribution < 1.29 is 4.79 Å². The largest absolute Gasteiger partial charge is 0.355 e. The van der Waals surface area contributed by atoms with E-state index in [9.17, 15) is 9.59 Å². The van der Waals surface area contributed by atoms with Gasteiger partial charge in [-0.3, -0.25) is 14.2 Å². The van der Waals surface area contributed by atoms with Crippen molar-refractivity contribution in [2.24, 2.45) is 7.05 Å². The van der Waals surface area contributed by atoms with Crippen LogP contribution in [0.2, 0.25) is 0 Å². The van der Waals surface area contributed by atoms with Crippen molar-refractivity contribution in [3.05, 3.63) is 57.5 Å². The van der Waals surface area contributed by atoms with Crippen LogP contribution in [0.4, 0.5) is 0 Å². The summed E-state index contributed by atoms with van der Waals surface area (Å²) in [4.78, 5) is 30.2. The maximum absolute atomic E-state index is 12.9. The molecule has 0 spiro atoms. The normalized spacial score (nSPS) is 12.0. The van der Waals surface area contributed by atoms with Gasteiger partial charge >= 0.3 is 0 Å². The number of unbranched alkanes of at least 4 members (excludes halogenated alkanes) is 1. The van der Waals surface area contributed by atoms with Gasteiger partial charge in [-0.1, -0.05) is 68.8 Å². The molecule has 0 aliphatic carbocycles. The Labute approximate surface area is 172 Å². The summed E-state index contributed by atoms with van der Waals surface area (Å²) in [7, 11) is 1.74. The fourth-order valence-corrected chi connectivity index (χ4v) is 4.20. The highest BCUT2D eigenvalue weighted by Gasteiger charge is 2.22. The molecule has 1 amide bonds. The molecule has 0 bridgehead atoms. The molecule has 28 heavy (non-hydrogen) atoms. The molecule has 6 heteroatoms. The Morgan fingerprint density at radius 2 is 1.93 bits per heavy atom. The number of aromatic nitrogens is 2. The van der Waals surface area contributed by atoms with Gasteiger partial charge in [0.05, 0.1) is 5.25 Å². The van der Waals surface area contributed by atoms with Crippen LogP contribution in [0, 0.1) is 6.92 Å². The molecular formula is C22H31N3O2S. The van der Waals surface area contributed by atoms with Crippen LogP contribution in [-0.2, 0) is 18.3 Å². The zero-order valence-electron chi connectivity index (χ0n) is 17.3. The third-order valence-corrected chi connectivity index (χ3v) is 6.00. The third-order valence-electron chi connectivity index (χ3n) is 4.69. The van der Waals surface area contributed by atoms with E-state index in [0.29, 0.717) is 23.7 Å². The third kappa shape index (κ3) is 5.96. The lowest BCUT2D eigenvalue weighted by Gasteiger charge is -2.18. The van der Waals surface area contributed by atoms with Gasteiger partial charge in [-0.15, -0.1) is 0 Å². The van der Waals surface area contributed by atoms with E-state index in [1.54, 1.807) is 11.6 Å². The smallest absolute Gasteiger partial charge is 0.257 e. The van der Waals surface area contributed by atoms with Crippen LogP contribution in [0.15, 0.2) is 40.3 Å². The van der Waals surface area contributed by atoms with Gasteiger partial charge in [0.2, 0.25) is 5.91 Å². The second-order valence-corrected chi connectivity index (χ2v) is 8.19. The minimum Gasteiger partial charge on any atom is -0.355 e. The highest BCUT2D eigenvalue weighted by atomic mass is 32.2. The molecule has 5 nitrogen and oxygen atoms in total. The Balaban J connectivity index is 2.22. The van der Waals surface area contributed by atoms with E-state index < -0.39 is 0 Å². The van der Waals surface area contributed by atoms with Crippen LogP contribution in [-0.4, -0.2) is 27.3 Å². The summed E-state index contributed by atoms with van der Waals surface area (Å²) in [6.07, 6.45) is 4.23. The van der Waals surface area contributed by atoms with Gasteiger partial charge in [0, 0.05) is 31.3 Å². The molecule has 0 saturated carbocycles. The maximum Gasteiger partial charge on any atom is 0.257 e. The molecule has 0 radical (unpaired) electrons. The molecule has 2 aromatic rings. The molecule has 0 unspecified atom stereocenters. The number of aryl methyl sites for hydroxylation is 1. The van der Waals surface area contributed by atoms with Gasteiger partial charge in [0.1, 0.15) is 0 Å². The summed E-state index contributed by atoms with van der Waals surface area (Å²) < 4.78 is 1.58. The molecule has 1 heterocycles. The maximum atomic E-state index is 12.9. The van der Waals surface area contributed by atoms with Crippen LogP contribution in [0.1, 0.15) is 56.4 Å². The Morgan fingerprint density at radius 1 is 1.21 bits per heavy atom. The Hall–Kier alpha value is -2.08. The monoisotopic (exact) mass is 401 g/mol. The first-order valence-corrected chi connectivity index (χ1v) is 10.9. The Bertz CT molecular complexity index is 834. The average molecular weight is 402 g/mol. The van der Waals surface area contributed by atoms with Crippen molar-refractivity contribution in [3.8, 4) is 0 Å². The second kappa shape index (κ2) is 11.1. The Morgan fingerprint density at radius 3 is 2.57 bits per heavy atom. The van der Waals surface area contributed by atoms with Crippen LogP contribution in [0.3, 0.4) is 0 Å². The number of amides is 1. The van der Waals surface area contributed by atoms with Gasteiger partial charge in [0.25, 0.3) is 5.56 Å². The van der Waals surface area contributed by atoms with Gasteiger partial charge < -0.3 is 5.32 Å². The second-order valence-electron chi connectivity index (χ2n) is 7.02. The van der Waals surface area contributed by atoms with Crippen molar-refractivity contribution >= 4 is 17.7 Å². The number of hydrogen-bond acceptors (Lipinski definition) is 4. The summed E-state index contributed by atoms with van der Waals surface area (Å²) in [5.74, 6) is 0.0283. The van der Waals surface area contributed by atoms with Crippen molar-refractivity contribution in [3.63, 3.8) is 0 Å². The summed E-state index contributed by atoms with van der Waals surface area (Å²) >= 11 is 1.39. The number of nitrogens with one attached hydrogen (secondary N) is 1. The van der Waals surface area contributed by atoms with Crippen molar-refractivity contribution in [1.82, 2.24) is 14.9 Å². The van der Waals surface area contributed by atoms with Crippen LogP contribution < -0.4 is 10.9 Å². The summed E-state index contributed by atoms with van der Waals surface area (Å²) in [5.41, 5.74) is 2.48. The predicted molar refractivity (Wildman–Crippen MR) is 116 cm³/mol. The number of thioether (sulfide) groups is 1. The molecule has 2 rings (SSSR count). The number of rotatable bonds is 10. The van der Waals surface area contributed by atoms with Gasteiger partial charge in [-0.05, 0) is 25.3 Å². The standard InChI is InChI=1S/C22H31N3O2S/c1-5-7-14-23-20(26)19(11-6-2)28-22-24-16(3)18(21(27)25(22)4)15-17-12-9-8-10-13-17/h8-10,12-13,19H,5-7,11,14-15H2,1-4H3,(H,23,26)/t19-/m0/s1. The van der Waals surface area contributed by atoms with E-state index in [0.717, 1.165) is 36.9 Å². The summed E-state index contributed by atoms with van der Waals surface area (Å²) in [6, 6.07) is 9.93. The fraction of sp³-hybridized carbons (Fsp3) is 0.500. The first-order valence-electron chi connectivity index (χ1n) is 10.0. The molecule has 1 atom stereocenters. The molecule has 0 fully saturated rings. The molecule has 1 N–H and O–H groups in total. The number of nitrogens with zero attached hydrogens (tertiary/aromatic N) is 2. The van der Waals surface area contributed by atoms with Gasteiger partial charge in [0.15, 0.2) is 5.16 Å². The van der Waals surface area contributed by atoms with E-state index in [2.05, 4.69) is 24.1 Å². The first-order chi connectivity index (χ1) is 13.5. The zero-order chi connectivity index (χ0) is 20.5. The van der Waals surface area contributed by atoms with E-state index >= 15 is 0 Å². The van der Waals surface area contributed by atoms with E-state index in [4.69, 9.17) is 0 Å². The van der Waals surface area contributed by atoms with E-state index in [-0.39, 0.29) is 16.7 Å². The average Bonchev–Trinajstić information content (AvgIpc) is 2.69. The number of carbonyl (C=O) groups excluding carboxylic acids is 1. The lowest BCUT2D eigenvalue weighted by atomic mass is 10.1. The lowest BCUT2D eigenvalue weighted by Crippen LogP contribution is -2.34. The van der Waals surface area contributed by atoms with Gasteiger partial charge in [-0.25, -0.2) is 4.98 Å². The van der Waals surface area contributed by atoms with E-state index in [1.165, 1.54) is 11.8 Å². The number of benzene rings is 1. The minimum absolute atomic E-state index is 0.0283. The highest BCUT2D eigenvalue weighted by molar-refractivity contribution is 8.00. The topological polar surface area (TPSA) is 64.0 Å².